The number of pyridine rings is 1. The second-order valence-corrected chi connectivity index (χ2v) is 4.42. The number of nitrogens with zero attached hydrogens (tertiary/aromatic N) is 4. The quantitative estimate of drug-likeness (QED) is 0.606. The largest absolute Gasteiger partial charge is 0.378 e. The molecule has 0 spiro atoms. The van der Waals surface area contributed by atoms with Crippen molar-refractivity contribution < 1.29 is 9.72 Å². The van der Waals surface area contributed by atoms with E-state index in [2.05, 4.69) is 4.98 Å². The van der Waals surface area contributed by atoms with Crippen molar-refractivity contribution in [3.8, 4) is 0 Å². The number of hydrogen-bond acceptors (Lipinski definition) is 6. The number of nitrogen functional groups attached to an aromatic ring is 1. The lowest BCUT2D eigenvalue weighted by molar-refractivity contribution is -0.384. The lowest BCUT2D eigenvalue weighted by atomic mass is 10.3. The van der Waals surface area contributed by atoms with E-state index in [0.29, 0.717) is 18.9 Å². The maximum absolute atomic E-state index is 11.8. The summed E-state index contributed by atoms with van der Waals surface area (Å²) in [5.41, 5.74) is 5.33. The Hall–Kier alpha value is -2.38. The number of nitrogens with two attached hydrogens (primary N) is 1. The Labute approximate surface area is 110 Å². The van der Waals surface area contributed by atoms with Gasteiger partial charge in [-0.05, 0) is 12.5 Å². The second-order valence-electron chi connectivity index (χ2n) is 4.42. The highest BCUT2D eigenvalue weighted by molar-refractivity contribution is 5.81. The number of likely N-dealkylation sites (N-methyl/N-ethyl adjacent to an activating group) is 1. The number of anilines is 2. The van der Waals surface area contributed by atoms with Crippen LogP contribution in [-0.2, 0) is 4.79 Å². The minimum Gasteiger partial charge on any atom is -0.378 e. The van der Waals surface area contributed by atoms with Crippen LogP contribution in [0, 0.1) is 10.1 Å². The SMILES string of the molecule is CN1CCCN(c2ccc([N+](=O)[O-])c(N)n2)CC1=O. The number of rotatable bonds is 2. The fourth-order valence-corrected chi connectivity index (χ4v) is 1.97. The Morgan fingerprint density at radius 1 is 1.42 bits per heavy atom. The molecule has 0 unspecified atom stereocenters. The van der Waals surface area contributed by atoms with E-state index < -0.39 is 4.92 Å². The summed E-state index contributed by atoms with van der Waals surface area (Å²) in [5, 5.41) is 10.7. The van der Waals surface area contributed by atoms with Crippen molar-refractivity contribution in [2.45, 2.75) is 6.42 Å². The molecule has 2 rings (SSSR count). The molecule has 0 aromatic carbocycles. The zero-order valence-corrected chi connectivity index (χ0v) is 10.6. The third kappa shape index (κ3) is 2.72. The summed E-state index contributed by atoms with van der Waals surface area (Å²) in [4.78, 5) is 29.3. The molecule has 1 saturated heterocycles. The third-order valence-corrected chi connectivity index (χ3v) is 3.08. The zero-order valence-electron chi connectivity index (χ0n) is 10.6. The minimum absolute atomic E-state index is 0.00350. The van der Waals surface area contributed by atoms with Gasteiger partial charge in [0.2, 0.25) is 11.7 Å². The van der Waals surface area contributed by atoms with Gasteiger partial charge in [0.05, 0.1) is 11.5 Å². The molecule has 1 aliphatic rings. The average molecular weight is 265 g/mol. The Bertz CT molecular complexity index is 519. The fourth-order valence-electron chi connectivity index (χ4n) is 1.97. The highest BCUT2D eigenvalue weighted by atomic mass is 16.6. The molecule has 0 aliphatic carbocycles. The first-order valence-corrected chi connectivity index (χ1v) is 5.89. The molecule has 8 heteroatoms. The van der Waals surface area contributed by atoms with Crippen LogP contribution in [0.25, 0.3) is 0 Å². The number of aromatic nitrogens is 1. The molecule has 2 N–H and O–H groups in total. The summed E-state index contributed by atoms with van der Waals surface area (Å²) < 4.78 is 0. The summed E-state index contributed by atoms with van der Waals surface area (Å²) in [6.45, 7) is 1.57. The van der Waals surface area contributed by atoms with Gasteiger partial charge < -0.3 is 15.5 Å². The zero-order chi connectivity index (χ0) is 14.0. The Kier molecular flexibility index (Phi) is 3.50. The highest BCUT2D eigenvalue weighted by Gasteiger charge is 2.21. The van der Waals surface area contributed by atoms with E-state index in [1.54, 1.807) is 16.8 Å². The summed E-state index contributed by atoms with van der Waals surface area (Å²) >= 11 is 0. The van der Waals surface area contributed by atoms with Gasteiger partial charge in [-0.2, -0.15) is 0 Å². The van der Waals surface area contributed by atoms with Gasteiger partial charge in [-0.1, -0.05) is 0 Å². The van der Waals surface area contributed by atoms with Crippen molar-refractivity contribution >= 4 is 23.2 Å². The van der Waals surface area contributed by atoms with Gasteiger partial charge in [0.15, 0.2) is 0 Å². The molecular weight excluding hydrogens is 250 g/mol. The maximum Gasteiger partial charge on any atom is 0.311 e. The van der Waals surface area contributed by atoms with E-state index in [-0.39, 0.29) is 24.0 Å². The minimum atomic E-state index is -0.576. The lowest BCUT2D eigenvalue weighted by Gasteiger charge is -2.20. The first-order chi connectivity index (χ1) is 8.99. The first kappa shape index (κ1) is 13.1. The highest BCUT2D eigenvalue weighted by Crippen LogP contribution is 2.23. The Morgan fingerprint density at radius 2 is 2.16 bits per heavy atom. The van der Waals surface area contributed by atoms with Crippen LogP contribution in [0.4, 0.5) is 17.3 Å². The Balaban J connectivity index is 2.24. The summed E-state index contributed by atoms with van der Waals surface area (Å²) in [6, 6.07) is 2.84. The number of hydrogen-bond donors (Lipinski definition) is 1. The Morgan fingerprint density at radius 3 is 2.79 bits per heavy atom. The van der Waals surface area contributed by atoms with Gasteiger partial charge in [-0.3, -0.25) is 14.9 Å². The normalized spacial score (nSPS) is 16.4. The molecule has 102 valence electrons. The lowest BCUT2D eigenvalue weighted by Crippen LogP contribution is -2.34. The van der Waals surface area contributed by atoms with Crippen molar-refractivity contribution in [2.24, 2.45) is 0 Å². The molecule has 19 heavy (non-hydrogen) atoms. The van der Waals surface area contributed by atoms with Crippen molar-refractivity contribution in [3.63, 3.8) is 0 Å². The molecule has 0 radical (unpaired) electrons. The van der Waals surface area contributed by atoms with Crippen molar-refractivity contribution in [2.75, 3.05) is 37.3 Å². The van der Waals surface area contributed by atoms with Gasteiger partial charge >= 0.3 is 5.69 Å². The molecule has 1 aromatic rings. The molecule has 8 nitrogen and oxygen atoms in total. The van der Waals surface area contributed by atoms with E-state index in [1.807, 2.05) is 0 Å². The second kappa shape index (κ2) is 5.09. The van der Waals surface area contributed by atoms with Gasteiger partial charge in [0, 0.05) is 26.2 Å². The van der Waals surface area contributed by atoms with Crippen molar-refractivity contribution in [1.29, 1.82) is 0 Å². The van der Waals surface area contributed by atoms with E-state index in [1.165, 1.54) is 12.1 Å². The number of nitro groups is 1. The number of amides is 1. The average Bonchev–Trinajstić information content (AvgIpc) is 2.51. The van der Waals surface area contributed by atoms with Crippen molar-refractivity contribution in [3.05, 3.63) is 22.2 Å². The molecule has 0 saturated carbocycles. The van der Waals surface area contributed by atoms with Gasteiger partial charge in [-0.25, -0.2) is 4.98 Å². The monoisotopic (exact) mass is 265 g/mol. The van der Waals surface area contributed by atoms with Gasteiger partial charge in [0.25, 0.3) is 0 Å². The summed E-state index contributed by atoms with van der Waals surface area (Å²) in [7, 11) is 1.75. The smallest absolute Gasteiger partial charge is 0.311 e. The van der Waals surface area contributed by atoms with Crippen LogP contribution in [0.1, 0.15) is 6.42 Å². The van der Waals surface area contributed by atoms with Gasteiger partial charge in [0.1, 0.15) is 5.82 Å². The topological polar surface area (TPSA) is 106 Å². The molecule has 0 atom stereocenters. The van der Waals surface area contributed by atoms with E-state index in [9.17, 15) is 14.9 Å². The van der Waals surface area contributed by atoms with Crippen LogP contribution in [0.2, 0.25) is 0 Å². The van der Waals surface area contributed by atoms with Gasteiger partial charge in [-0.15, -0.1) is 0 Å². The molecule has 1 aromatic heterocycles. The summed E-state index contributed by atoms with van der Waals surface area (Å²) in [6.07, 6.45) is 0.820. The van der Waals surface area contributed by atoms with E-state index in [4.69, 9.17) is 5.73 Å². The standard InChI is InChI=1S/C11H15N5O3/c1-14-5-2-6-15(7-10(14)17)9-4-3-8(16(18)19)11(12)13-9/h3-4H,2,5-7H2,1H3,(H2,12,13). The van der Waals surface area contributed by atoms with Crippen molar-refractivity contribution in [1.82, 2.24) is 9.88 Å². The molecule has 0 bridgehead atoms. The van der Waals surface area contributed by atoms with Crippen LogP contribution in [0.3, 0.4) is 0 Å². The van der Waals surface area contributed by atoms with Crippen LogP contribution in [0.15, 0.2) is 12.1 Å². The molecular formula is C11H15N5O3. The van der Waals surface area contributed by atoms with Crippen LogP contribution in [0.5, 0.6) is 0 Å². The predicted octanol–water partition coefficient (Wildman–Crippen LogP) is 0.240. The molecule has 1 fully saturated rings. The molecule has 1 amide bonds. The van der Waals surface area contributed by atoms with Crippen LogP contribution in [-0.4, -0.2) is 47.4 Å². The van der Waals surface area contributed by atoms with Crippen LogP contribution < -0.4 is 10.6 Å². The van der Waals surface area contributed by atoms with E-state index in [0.717, 1.165) is 6.42 Å². The fraction of sp³-hybridized carbons (Fsp3) is 0.455. The maximum atomic E-state index is 11.8. The van der Waals surface area contributed by atoms with E-state index >= 15 is 0 Å². The van der Waals surface area contributed by atoms with Crippen LogP contribution >= 0.6 is 0 Å². The first-order valence-electron chi connectivity index (χ1n) is 5.89. The number of carbonyl (C=O) groups is 1. The predicted molar refractivity (Wildman–Crippen MR) is 69.8 cm³/mol. The number of carbonyl (C=O) groups excluding carboxylic acids is 1. The third-order valence-electron chi connectivity index (χ3n) is 3.08. The molecule has 1 aliphatic heterocycles. The summed E-state index contributed by atoms with van der Waals surface area (Å²) in [5.74, 6) is 0.357. The molecule has 2 heterocycles.